The Bertz CT molecular complexity index is 821. The molecule has 24 heavy (non-hydrogen) atoms. The molecule has 122 valence electrons. The zero-order chi connectivity index (χ0) is 16.9. The smallest absolute Gasteiger partial charge is 0.278 e. The zero-order valence-corrected chi connectivity index (χ0v) is 13.3. The van der Waals surface area contributed by atoms with Crippen LogP contribution in [0.4, 0.5) is 5.69 Å². The molecule has 2 N–H and O–H groups in total. The van der Waals surface area contributed by atoms with Crippen molar-refractivity contribution in [3.63, 3.8) is 0 Å². The fourth-order valence-corrected chi connectivity index (χ4v) is 2.39. The van der Waals surface area contributed by atoms with Crippen LogP contribution in [-0.2, 0) is 6.42 Å². The quantitative estimate of drug-likeness (QED) is 0.754. The van der Waals surface area contributed by atoms with Crippen molar-refractivity contribution >= 4 is 11.6 Å². The van der Waals surface area contributed by atoms with Gasteiger partial charge in [0, 0.05) is 17.9 Å². The van der Waals surface area contributed by atoms with Crippen LogP contribution in [0.5, 0.6) is 0 Å². The largest absolute Gasteiger partial charge is 0.443 e. The van der Waals surface area contributed by atoms with Gasteiger partial charge in [0.05, 0.1) is 0 Å². The van der Waals surface area contributed by atoms with Crippen LogP contribution in [0.25, 0.3) is 11.3 Å². The third-order valence-electron chi connectivity index (χ3n) is 3.71. The monoisotopic (exact) mass is 322 g/mol. The molecular weight excluding hydrogens is 304 g/mol. The van der Waals surface area contributed by atoms with E-state index in [4.69, 9.17) is 9.52 Å². The average Bonchev–Trinajstić information content (AvgIpc) is 3.07. The van der Waals surface area contributed by atoms with Crippen molar-refractivity contribution in [3.05, 3.63) is 71.7 Å². The Kier molecular flexibility index (Phi) is 4.72. The highest BCUT2D eigenvalue weighted by Gasteiger charge is 2.18. The molecular formula is C19H18N2O3. The molecule has 0 spiro atoms. The molecule has 0 atom stereocenters. The normalized spacial score (nSPS) is 10.6. The zero-order valence-electron chi connectivity index (χ0n) is 13.3. The molecule has 3 rings (SSSR count). The van der Waals surface area contributed by atoms with Crippen molar-refractivity contribution in [2.45, 2.75) is 13.3 Å². The van der Waals surface area contributed by atoms with E-state index in [1.165, 1.54) is 6.39 Å². The van der Waals surface area contributed by atoms with E-state index < -0.39 is 0 Å². The van der Waals surface area contributed by atoms with E-state index >= 15 is 0 Å². The van der Waals surface area contributed by atoms with Gasteiger partial charge in [-0.2, -0.15) is 0 Å². The maximum atomic E-state index is 12.5. The molecule has 1 amide bonds. The van der Waals surface area contributed by atoms with E-state index in [9.17, 15) is 4.79 Å². The van der Waals surface area contributed by atoms with Crippen LogP contribution in [0.2, 0.25) is 0 Å². The number of hydrogen-bond acceptors (Lipinski definition) is 4. The molecule has 0 unspecified atom stereocenters. The van der Waals surface area contributed by atoms with Crippen LogP contribution in [-0.4, -0.2) is 22.6 Å². The Morgan fingerprint density at radius 2 is 1.83 bits per heavy atom. The first-order valence-corrected chi connectivity index (χ1v) is 7.69. The van der Waals surface area contributed by atoms with E-state index in [-0.39, 0.29) is 18.2 Å². The fourth-order valence-electron chi connectivity index (χ4n) is 2.39. The average molecular weight is 322 g/mol. The molecule has 0 saturated carbocycles. The van der Waals surface area contributed by atoms with Gasteiger partial charge in [-0.3, -0.25) is 4.79 Å². The number of carbonyl (C=O) groups is 1. The third-order valence-corrected chi connectivity index (χ3v) is 3.71. The van der Waals surface area contributed by atoms with Crippen LogP contribution < -0.4 is 5.32 Å². The summed E-state index contributed by atoms with van der Waals surface area (Å²) in [5.41, 5.74) is 3.86. The van der Waals surface area contributed by atoms with Crippen LogP contribution >= 0.6 is 0 Å². The molecule has 5 heteroatoms. The second-order valence-corrected chi connectivity index (χ2v) is 5.52. The molecule has 3 aromatic rings. The molecule has 5 nitrogen and oxygen atoms in total. The van der Waals surface area contributed by atoms with Gasteiger partial charge in [0.15, 0.2) is 17.8 Å². The van der Waals surface area contributed by atoms with Gasteiger partial charge < -0.3 is 14.8 Å². The maximum Gasteiger partial charge on any atom is 0.278 e. The standard InChI is InChI=1S/C19H18N2O3/c1-13-2-6-15(7-3-13)18-17(20-12-24-18)19(23)21-16-8-4-14(5-9-16)10-11-22/h2-9,12,22H,10-11H2,1H3,(H,21,23). The van der Waals surface area contributed by atoms with E-state index in [1.54, 1.807) is 12.1 Å². The molecule has 1 aromatic heterocycles. The molecule has 0 fully saturated rings. The summed E-state index contributed by atoms with van der Waals surface area (Å²) in [6.45, 7) is 2.10. The number of anilines is 1. The van der Waals surface area contributed by atoms with Crippen molar-refractivity contribution in [2.75, 3.05) is 11.9 Å². The van der Waals surface area contributed by atoms with Crippen molar-refractivity contribution < 1.29 is 14.3 Å². The van der Waals surface area contributed by atoms with E-state index in [1.807, 2.05) is 43.3 Å². The molecule has 1 heterocycles. The Balaban J connectivity index is 1.78. The molecule has 0 radical (unpaired) electrons. The summed E-state index contributed by atoms with van der Waals surface area (Å²) in [5, 5.41) is 11.7. The first kappa shape index (κ1) is 16.0. The van der Waals surface area contributed by atoms with Crippen LogP contribution in [0.1, 0.15) is 21.6 Å². The molecule has 0 aliphatic heterocycles. The molecule has 0 aliphatic rings. The maximum absolute atomic E-state index is 12.5. The summed E-state index contributed by atoms with van der Waals surface area (Å²) in [6.07, 6.45) is 1.86. The number of nitrogens with one attached hydrogen (secondary N) is 1. The Morgan fingerprint density at radius 1 is 1.12 bits per heavy atom. The van der Waals surface area contributed by atoms with Crippen molar-refractivity contribution in [3.8, 4) is 11.3 Å². The van der Waals surface area contributed by atoms with E-state index in [0.29, 0.717) is 17.9 Å². The van der Waals surface area contributed by atoms with Gasteiger partial charge in [-0.05, 0) is 31.0 Å². The molecule has 0 aliphatic carbocycles. The van der Waals surface area contributed by atoms with Gasteiger partial charge in [-0.25, -0.2) is 4.98 Å². The number of amides is 1. The summed E-state index contributed by atoms with van der Waals surface area (Å²) in [4.78, 5) is 16.5. The highest BCUT2D eigenvalue weighted by atomic mass is 16.3. The predicted molar refractivity (Wildman–Crippen MR) is 91.9 cm³/mol. The second-order valence-electron chi connectivity index (χ2n) is 5.52. The number of rotatable bonds is 5. The number of aliphatic hydroxyl groups excluding tert-OH is 1. The van der Waals surface area contributed by atoms with Gasteiger partial charge in [-0.1, -0.05) is 42.0 Å². The van der Waals surface area contributed by atoms with Crippen LogP contribution in [0.3, 0.4) is 0 Å². The van der Waals surface area contributed by atoms with Crippen LogP contribution in [0.15, 0.2) is 59.3 Å². The number of aliphatic hydroxyl groups is 1. The summed E-state index contributed by atoms with van der Waals surface area (Å²) in [7, 11) is 0. The molecule has 0 bridgehead atoms. The minimum Gasteiger partial charge on any atom is -0.443 e. The Hall–Kier alpha value is -2.92. The number of carbonyl (C=O) groups excluding carboxylic acids is 1. The van der Waals surface area contributed by atoms with Gasteiger partial charge in [0.2, 0.25) is 0 Å². The Morgan fingerprint density at radius 3 is 2.50 bits per heavy atom. The number of oxazole rings is 1. The third kappa shape index (κ3) is 3.52. The van der Waals surface area contributed by atoms with E-state index in [0.717, 1.165) is 16.7 Å². The number of nitrogens with zero attached hydrogens (tertiary/aromatic N) is 1. The van der Waals surface area contributed by atoms with Gasteiger partial charge in [0.1, 0.15) is 0 Å². The first-order valence-electron chi connectivity index (χ1n) is 7.69. The topological polar surface area (TPSA) is 75.4 Å². The fraction of sp³-hybridized carbons (Fsp3) is 0.158. The summed E-state index contributed by atoms with van der Waals surface area (Å²) in [5.74, 6) is 0.124. The second kappa shape index (κ2) is 7.10. The Labute approximate surface area is 140 Å². The highest BCUT2D eigenvalue weighted by Crippen LogP contribution is 2.24. The lowest BCUT2D eigenvalue weighted by Crippen LogP contribution is -2.13. The SMILES string of the molecule is Cc1ccc(-c2ocnc2C(=O)Nc2ccc(CCO)cc2)cc1. The van der Waals surface area contributed by atoms with Crippen molar-refractivity contribution in [2.24, 2.45) is 0 Å². The van der Waals surface area contributed by atoms with Crippen molar-refractivity contribution in [1.82, 2.24) is 4.98 Å². The number of benzene rings is 2. The molecule has 2 aromatic carbocycles. The van der Waals surface area contributed by atoms with Gasteiger partial charge >= 0.3 is 0 Å². The highest BCUT2D eigenvalue weighted by molar-refractivity contribution is 6.06. The molecule has 0 saturated heterocycles. The summed E-state index contributed by atoms with van der Waals surface area (Å²) >= 11 is 0. The summed E-state index contributed by atoms with van der Waals surface area (Å²) < 4.78 is 5.40. The van der Waals surface area contributed by atoms with Gasteiger partial charge in [-0.15, -0.1) is 0 Å². The number of aryl methyl sites for hydroxylation is 1. The first-order chi connectivity index (χ1) is 11.7. The number of hydrogen-bond donors (Lipinski definition) is 2. The lowest BCUT2D eigenvalue weighted by molar-refractivity contribution is 0.102. The lowest BCUT2D eigenvalue weighted by atomic mass is 10.1. The van der Waals surface area contributed by atoms with Crippen LogP contribution in [0, 0.1) is 6.92 Å². The lowest BCUT2D eigenvalue weighted by Gasteiger charge is -2.06. The number of aromatic nitrogens is 1. The van der Waals surface area contributed by atoms with Crippen molar-refractivity contribution in [1.29, 1.82) is 0 Å². The van der Waals surface area contributed by atoms with Gasteiger partial charge in [0.25, 0.3) is 5.91 Å². The summed E-state index contributed by atoms with van der Waals surface area (Å²) in [6, 6.07) is 15.1. The van der Waals surface area contributed by atoms with E-state index in [2.05, 4.69) is 10.3 Å². The minimum absolute atomic E-state index is 0.102. The minimum atomic E-state index is -0.325. The predicted octanol–water partition coefficient (Wildman–Crippen LogP) is 3.44.